The monoisotopic (exact) mass is 275 g/mol. The van der Waals surface area contributed by atoms with E-state index in [2.05, 4.69) is 16.4 Å². The van der Waals surface area contributed by atoms with Gasteiger partial charge in [-0.2, -0.15) is 0 Å². The normalized spacial score (nSPS) is 14.4. The molecule has 0 saturated carbocycles. The minimum absolute atomic E-state index is 0.190. The third kappa shape index (κ3) is 3.42. The molecular formula is C15H21N3O2. The molecule has 0 spiro atoms. The first-order valence-electron chi connectivity index (χ1n) is 7.07. The Bertz CT molecular complexity index is 538. The number of hydrogen-bond acceptors (Lipinski definition) is 4. The Labute approximate surface area is 119 Å². The number of allylic oxidation sites excluding steroid dienone is 1. The molecule has 108 valence electrons. The molecule has 2 rings (SSSR count). The maximum Gasteiger partial charge on any atom is 0.278 e. The minimum Gasteiger partial charge on any atom is -0.311 e. The molecule has 5 nitrogen and oxygen atoms in total. The van der Waals surface area contributed by atoms with E-state index in [-0.39, 0.29) is 10.6 Å². The third-order valence-electron chi connectivity index (χ3n) is 3.81. The highest BCUT2D eigenvalue weighted by atomic mass is 16.6. The van der Waals surface area contributed by atoms with Crippen molar-refractivity contribution < 1.29 is 4.92 Å². The number of aryl methyl sites for hydroxylation is 1. The number of aromatic nitrogens is 1. The molecule has 20 heavy (non-hydrogen) atoms. The van der Waals surface area contributed by atoms with E-state index in [9.17, 15) is 10.1 Å². The summed E-state index contributed by atoms with van der Waals surface area (Å²) < 4.78 is 0. The molecule has 0 unspecified atom stereocenters. The zero-order chi connectivity index (χ0) is 14.5. The molecule has 1 aromatic heterocycles. The summed E-state index contributed by atoms with van der Waals surface area (Å²) in [5.74, 6) is 0. The van der Waals surface area contributed by atoms with Crippen molar-refractivity contribution >= 4 is 5.69 Å². The summed E-state index contributed by atoms with van der Waals surface area (Å²) in [4.78, 5) is 15.0. The second-order valence-electron chi connectivity index (χ2n) is 5.30. The fourth-order valence-corrected chi connectivity index (χ4v) is 2.64. The van der Waals surface area contributed by atoms with Crippen LogP contribution in [0.3, 0.4) is 0 Å². The second-order valence-corrected chi connectivity index (χ2v) is 5.30. The quantitative estimate of drug-likeness (QED) is 0.374. The van der Waals surface area contributed by atoms with Crippen molar-refractivity contribution in [1.29, 1.82) is 0 Å². The molecule has 0 fully saturated rings. The van der Waals surface area contributed by atoms with Crippen molar-refractivity contribution in [2.45, 2.75) is 46.1 Å². The Morgan fingerprint density at radius 3 is 2.90 bits per heavy atom. The SMILES string of the molecule is Cc1cnc(CNCCC2=CCCC2)c(C)c1[N+](=O)[O-]. The van der Waals surface area contributed by atoms with Crippen LogP contribution in [0, 0.1) is 24.0 Å². The number of nitro groups is 1. The van der Waals surface area contributed by atoms with Crippen LogP contribution in [0.15, 0.2) is 17.8 Å². The highest BCUT2D eigenvalue weighted by Gasteiger charge is 2.18. The van der Waals surface area contributed by atoms with Crippen LogP contribution in [0.5, 0.6) is 0 Å². The first kappa shape index (κ1) is 14.7. The van der Waals surface area contributed by atoms with Gasteiger partial charge in [0.1, 0.15) is 0 Å². The minimum atomic E-state index is -0.320. The van der Waals surface area contributed by atoms with Gasteiger partial charge in [0.05, 0.1) is 10.6 Å². The van der Waals surface area contributed by atoms with Crippen LogP contribution in [0.1, 0.15) is 42.5 Å². The lowest BCUT2D eigenvalue weighted by molar-refractivity contribution is -0.386. The number of nitrogens with one attached hydrogen (secondary N) is 1. The maximum absolute atomic E-state index is 11.0. The van der Waals surface area contributed by atoms with Gasteiger partial charge >= 0.3 is 0 Å². The van der Waals surface area contributed by atoms with Crippen LogP contribution in [-0.4, -0.2) is 16.5 Å². The van der Waals surface area contributed by atoms with Gasteiger partial charge in [-0.3, -0.25) is 15.1 Å². The summed E-state index contributed by atoms with van der Waals surface area (Å²) in [7, 11) is 0. The lowest BCUT2D eigenvalue weighted by atomic mass is 10.1. The highest BCUT2D eigenvalue weighted by molar-refractivity contribution is 5.47. The third-order valence-corrected chi connectivity index (χ3v) is 3.81. The average Bonchev–Trinajstić information content (AvgIpc) is 2.89. The molecular weight excluding hydrogens is 254 g/mol. The van der Waals surface area contributed by atoms with Crippen LogP contribution >= 0.6 is 0 Å². The standard InChI is InChI=1S/C15H21N3O2/c1-11-9-17-14(12(2)15(11)18(19)20)10-16-8-7-13-5-3-4-6-13/h5,9,16H,3-4,6-8,10H2,1-2H3. The molecule has 1 heterocycles. The number of hydrogen-bond donors (Lipinski definition) is 1. The summed E-state index contributed by atoms with van der Waals surface area (Å²) in [5.41, 5.74) is 3.77. The summed E-state index contributed by atoms with van der Waals surface area (Å²) in [6.45, 7) is 4.98. The largest absolute Gasteiger partial charge is 0.311 e. The van der Waals surface area contributed by atoms with E-state index in [0.717, 1.165) is 18.7 Å². The molecule has 1 aliphatic carbocycles. The summed E-state index contributed by atoms with van der Waals surface area (Å²) in [6.07, 6.45) is 8.67. The topological polar surface area (TPSA) is 68.1 Å². The zero-order valence-corrected chi connectivity index (χ0v) is 12.1. The summed E-state index contributed by atoms with van der Waals surface area (Å²) in [6, 6.07) is 0. The van der Waals surface area contributed by atoms with Gasteiger partial charge in [0.2, 0.25) is 0 Å². The van der Waals surface area contributed by atoms with E-state index < -0.39 is 0 Å². The molecule has 1 N–H and O–H groups in total. The van der Waals surface area contributed by atoms with E-state index in [0.29, 0.717) is 17.7 Å². The van der Waals surface area contributed by atoms with E-state index in [1.807, 2.05) is 0 Å². The molecule has 0 atom stereocenters. The predicted octanol–water partition coefficient (Wildman–Crippen LogP) is 3.20. The van der Waals surface area contributed by atoms with E-state index in [4.69, 9.17) is 0 Å². The van der Waals surface area contributed by atoms with Crippen molar-refractivity contribution in [2.75, 3.05) is 6.54 Å². The van der Waals surface area contributed by atoms with Gasteiger partial charge in [-0.15, -0.1) is 0 Å². The van der Waals surface area contributed by atoms with Gasteiger partial charge in [0, 0.05) is 23.9 Å². The van der Waals surface area contributed by atoms with E-state index in [1.165, 1.54) is 24.8 Å². The van der Waals surface area contributed by atoms with Gasteiger partial charge in [0.15, 0.2) is 0 Å². The van der Waals surface area contributed by atoms with Crippen molar-refractivity contribution in [1.82, 2.24) is 10.3 Å². The molecule has 1 aromatic rings. The van der Waals surface area contributed by atoms with E-state index in [1.54, 1.807) is 20.0 Å². The Hall–Kier alpha value is -1.75. The van der Waals surface area contributed by atoms with Gasteiger partial charge in [-0.25, -0.2) is 0 Å². The summed E-state index contributed by atoms with van der Waals surface area (Å²) >= 11 is 0. The molecule has 0 aliphatic heterocycles. The first-order valence-corrected chi connectivity index (χ1v) is 7.07. The van der Waals surface area contributed by atoms with E-state index >= 15 is 0 Å². The van der Waals surface area contributed by atoms with Crippen LogP contribution < -0.4 is 5.32 Å². The fraction of sp³-hybridized carbons (Fsp3) is 0.533. The number of rotatable bonds is 6. The molecule has 1 aliphatic rings. The van der Waals surface area contributed by atoms with Crippen LogP contribution in [-0.2, 0) is 6.54 Å². The molecule has 0 radical (unpaired) electrons. The van der Waals surface area contributed by atoms with Crippen LogP contribution in [0.25, 0.3) is 0 Å². The molecule has 0 saturated heterocycles. The van der Waals surface area contributed by atoms with Crippen molar-refractivity contribution in [3.63, 3.8) is 0 Å². The van der Waals surface area contributed by atoms with Gasteiger partial charge < -0.3 is 5.32 Å². The number of pyridine rings is 1. The first-order chi connectivity index (χ1) is 9.59. The Balaban J connectivity index is 1.92. The summed E-state index contributed by atoms with van der Waals surface area (Å²) in [5, 5.41) is 14.4. The Morgan fingerprint density at radius 2 is 2.25 bits per heavy atom. The Kier molecular flexibility index (Phi) is 4.84. The van der Waals surface area contributed by atoms with Gasteiger partial charge in [0.25, 0.3) is 5.69 Å². The van der Waals surface area contributed by atoms with Gasteiger partial charge in [-0.1, -0.05) is 11.6 Å². The smallest absolute Gasteiger partial charge is 0.278 e. The lowest BCUT2D eigenvalue weighted by Gasteiger charge is -2.09. The van der Waals surface area contributed by atoms with Crippen molar-refractivity contribution in [2.24, 2.45) is 0 Å². The second kappa shape index (κ2) is 6.61. The maximum atomic E-state index is 11.0. The van der Waals surface area contributed by atoms with Crippen LogP contribution in [0.2, 0.25) is 0 Å². The Morgan fingerprint density at radius 1 is 1.45 bits per heavy atom. The fourth-order valence-electron chi connectivity index (χ4n) is 2.64. The highest BCUT2D eigenvalue weighted by Crippen LogP contribution is 2.24. The van der Waals surface area contributed by atoms with Crippen LogP contribution in [0.4, 0.5) is 5.69 Å². The van der Waals surface area contributed by atoms with Crippen molar-refractivity contribution in [3.05, 3.63) is 44.8 Å². The molecule has 0 amide bonds. The molecule has 5 heteroatoms. The van der Waals surface area contributed by atoms with Crippen molar-refractivity contribution in [3.8, 4) is 0 Å². The zero-order valence-electron chi connectivity index (χ0n) is 12.1. The molecule has 0 aromatic carbocycles. The predicted molar refractivity (Wildman–Crippen MR) is 78.6 cm³/mol. The van der Waals surface area contributed by atoms with Gasteiger partial charge in [-0.05, 0) is 46.1 Å². The average molecular weight is 275 g/mol. The number of nitrogens with zero attached hydrogens (tertiary/aromatic N) is 2. The molecule has 0 bridgehead atoms. The lowest BCUT2D eigenvalue weighted by Crippen LogP contribution is -2.17.